The van der Waals surface area contributed by atoms with Gasteiger partial charge in [0.2, 0.25) is 5.95 Å². The molecule has 7 heteroatoms. The number of nitrogen functional groups attached to an aromatic ring is 1. The number of aromatic nitrogens is 4. The van der Waals surface area contributed by atoms with Crippen LogP contribution in [-0.4, -0.2) is 26.1 Å². The Kier molecular flexibility index (Phi) is 3.29. The first kappa shape index (κ1) is 10.4. The lowest BCUT2D eigenvalue weighted by Crippen LogP contribution is -2.13. The van der Waals surface area contributed by atoms with Crippen molar-refractivity contribution in [3.8, 4) is 0 Å². The average Bonchev–Trinajstić information content (AvgIpc) is 2.82. The maximum Gasteiger partial charge on any atom is 0.239 e. The molecule has 4 N–H and O–H groups in total. The Balaban J connectivity index is 1.85. The van der Waals surface area contributed by atoms with Gasteiger partial charge in [0, 0.05) is 31.7 Å². The maximum absolute atomic E-state index is 5.21. The van der Waals surface area contributed by atoms with E-state index >= 15 is 0 Å². The zero-order valence-corrected chi connectivity index (χ0v) is 8.67. The molecule has 0 amide bonds. The van der Waals surface area contributed by atoms with E-state index in [1.165, 1.54) is 0 Å². The quantitative estimate of drug-likeness (QED) is 0.486. The first-order valence-corrected chi connectivity index (χ1v) is 4.88. The van der Waals surface area contributed by atoms with Gasteiger partial charge < -0.3 is 9.88 Å². The molecule has 0 saturated carbocycles. The van der Waals surface area contributed by atoms with Crippen molar-refractivity contribution in [2.24, 2.45) is 5.84 Å². The van der Waals surface area contributed by atoms with Crippen LogP contribution < -0.4 is 16.6 Å². The Morgan fingerprint density at radius 1 is 1.38 bits per heavy atom. The summed E-state index contributed by atoms with van der Waals surface area (Å²) in [6.07, 6.45) is 7.08. The monoisotopic (exact) mass is 219 g/mol. The van der Waals surface area contributed by atoms with Crippen LogP contribution in [0.2, 0.25) is 0 Å². The molecule has 0 atom stereocenters. The van der Waals surface area contributed by atoms with Gasteiger partial charge >= 0.3 is 0 Å². The number of nitrogens with zero attached hydrogens (tertiary/aromatic N) is 4. The summed E-state index contributed by atoms with van der Waals surface area (Å²) >= 11 is 0. The number of hydrogen-bond donors (Lipinski definition) is 3. The van der Waals surface area contributed by atoms with Crippen LogP contribution in [0.4, 0.5) is 11.8 Å². The van der Waals surface area contributed by atoms with E-state index in [1.807, 2.05) is 10.8 Å². The second-order valence-electron chi connectivity index (χ2n) is 3.14. The van der Waals surface area contributed by atoms with Crippen molar-refractivity contribution in [1.29, 1.82) is 0 Å². The summed E-state index contributed by atoms with van der Waals surface area (Å²) in [5, 5.41) is 3.16. The Morgan fingerprint density at radius 2 is 2.31 bits per heavy atom. The summed E-state index contributed by atoms with van der Waals surface area (Å²) in [7, 11) is 0. The number of nitrogens with two attached hydrogens (primary N) is 1. The third kappa shape index (κ3) is 2.67. The zero-order chi connectivity index (χ0) is 11.2. The third-order valence-corrected chi connectivity index (χ3v) is 2.02. The molecule has 0 aliphatic carbocycles. The van der Waals surface area contributed by atoms with Crippen LogP contribution in [0.1, 0.15) is 0 Å². The second kappa shape index (κ2) is 5.08. The van der Waals surface area contributed by atoms with Gasteiger partial charge in [-0.15, -0.1) is 0 Å². The van der Waals surface area contributed by atoms with Crippen LogP contribution in [-0.2, 0) is 6.54 Å². The SMILES string of the molecule is NNc1nccc(NCCn2ccnc2)n1. The number of nitrogens with one attached hydrogen (secondary N) is 2. The molecule has 84 valence electrons. The van der Waals surface area contributed by atoms with Gasteiger partial charge in [-0.2, -0.15) is 4.98 Å². The Labute approximate surface area is 92.7 Å². The molecule has 0 saturated heterocycles. The number of imidazole rings is 1. The third-order valence-electron chi connectivity index (χ3n) is 2.02. The first-order valence-electron chi connectivity index (χ1n) is 4.88. The van der Waals surface area contributed by atoms with Crippen LogP contribution in [0.15, 0.2) is 31.0 Å². The van der Waals surface area contributed by atoms with Crippen LogP contribution >= 0.6 is 0 Å². The maximum atomic E-state index is 5.21. The highest BCUT2D eigenvalue weighted by molar-refractivity contribution is 5.38. The predicted octanol–water partition coefficient (Wildman–Crippen LogP) is 0.0708. The van der Waals surface area contributed by atoms with E-state index in [-0.39, 0.29) is 0 Å². The van der Waals surface area contributed by atoms with Gasteiger partial charge in [-0.05, 0) is 6.07 Å². The molecule has 2 heterocycles. The summed E-state index contributed by atoms with van der Waals surface area (Å²) in [4.78, 5) is 12.0. The summed E-state index contributed by atoms with van der Waals surface area (Å²) in [5.74, 6) is 6.34. The van der Waals surface area contributed by atoms with Crippen molar-refractivity contribution in [3.63, 3.8) is 0 Å². The Bertz CT molecular complexity index is 425. The minimum absolute atomic E-state index is 0.396. The van der Waals surface area contributed by atoms with Gasteiger partial charge in [0.15, 0.2) is 0 Å². The molecule has 0 unspecified atom stereocenters. The summed E-state index contributed by atoms with van der Waals surface area (Å²) < 4.78 is 1.98. The van der Waals surface area contributed by atoms with E-state index in [1.54, 1.807) is 24.8 Å². The standard InChI is InChI=1S/C9H13N7/c10-15-9-13-2-1-8(14-9)12-4-6-16-5-3-11-7-16/h1-3,5,7H,4,6,10H2,(H2,12,13,14,15). The van der Waals surface area contributed by atoms with E-state index < -0.39 is 0 Å². The average molecular weight is 219 g/mol. The lowest BCUT2D eigenvalue weighted by molar-refractivity contribution is 0.725. The molecule has 2 aromatic heterocycles. The summed E-state index contributed by atoms with van der Waals surface area (Å²) in [6.45, 7) is 1.59. The van der Waals surface area contributed by atoms with Gasteiger partial charge in [0.05, 0.1) is 6.33 Å². The van der Waals surface area contributed by atoms with Gasteiger partial charge in [-0.1, -0.05) is 0 Å². The second-order valence-corrected chi connectivity index (χ2v) is 3.14. The predicted molar refractivity (Wildman–Crippen MR) is 60.6 cm³/mol. The number of anilines is 2. The van der Waals surface area contributed by atoms with Crippen LogP contribution in [0.5, 0.6) is 0 Å². The van der Waals surface area contributed by atoms with E-state index in [0.29, 0.717) is 5.95 Å². The van der Waals surface area contributed by atoms with Crippen LogP contribution in [0.25, 0.3) is 0 Å². The highest BCUT2D eigenvalue weighted by atomic mass is 15.3. The fraction of sp³-hybridized carbons (Fsp3) is 0.222. The smallest absolute Gasteiger partial charge is 0.239 e. The van der Waals surface area contributed by atoms with Crippen molar-refractivity contribution in [2.75, 3.05) is 17.3 Å². The topological polar surface area (TPSA) is 93.7 Å². The van der Waals surface area contributed by atoms with E-state index in [4.69, 9.17) is 5.84 Å². The van der Waals surface area contributed by atoms with Crippen molar-refractivity contribution < 1.29 is 0 Å². The first-order chi connectivity index (χ1) is 7.88. The van der Waals surface area contributed by atoms with E-state index in [2.05, 4.69) is 25.7 Å². The molecule has 0 aliphatic heterocycles. The highest BCUT2D eigenvalue weighted by Gasteiger charge is 1.96. The van der Waals surface area contributed by atoms with Crippen LogP contribution in [0, 0.1) is 0 Å². The minimum Gasteiger partial charge on any atom is -0.368 e. The lowest BCUT2D eigenvalue weighted by Gasteiger charge is -2.06. The zero-order valence-electron chi connectivity index (χ0n) is 8.67. The molecule has 0 aliphatic rings. The molecule has 7 nitrogen and oxygen atoms in total. The fourth-order valence-corrected chi connectivity index (χ4v) is 1.26. The van der Waals surface area contributed by atoms with Gasteiger partial charge in [0.25, 0.3) is 0 Å². The summed E-state index contributed by atoms with van der Waals surface area (Å²) in [6, 6.07) is 1.79. The number of rotatable bonds is 5. The molecule has 0 fully saturated rings. The van der Waals surface area contributed by atoms with Crippen molar-refractivity contribution in [1.82, 2.24) is 19.5 Å². The normalized spacial score (nSPS) is 10.1. The van der Waals surface area contributed by atoms with Gasteiger partial charge in [-0.3, -0.25) is 5.43 Å². The summed E-state index contributed by atoms with van der Waals surface area (Å²) in [5.41, 5.74) is 2.39. The number of hydrogen-bond acceptors (Lipinski definition) is 6. The fourth-order valence-electron chi connectivity index (χ4n) is 1.26. The number of hydrazine groups is 1. The highest BCUT2D eigenvalue weighted by Crippen LogP contribution is 2.03. The van der Waals surface area contributed by atoms with Crippen molar-refractivity contribution >= 4 is 11.8 Å². The van der Waals surface area contributed by atoms with Gasteiger partial charge in [0.1, 0.15) is 5.82 Å². The Hall–Kier alpha value is -2.15. The Morgan fingerprint density at radius 3 is 3.06 bits per heavy atom. The molecule has 0 spiro atoms. The molecule has 2 rings (SSSR count). The molecule has 16 heavy (non-hydrogen) atoms. The molecule has 0 radical (unpaired) electrons. The molecular formula is C9H13N7. The molecule has 0 bridgehead atoms. The van der Waals surface area contributed by atoms with Gasteiger partial charge in [-0.25, -0.2) is 15.8 Å². The van der Waals surface area contributed by atoms with Crippen molar-refractivity contribution in [2.45, 2.75) is 6.54 Å². The molecule has 0 aromatic carbocycles. The van der Waals surface area contributed by atoms with E-state index in [0.717, 1.165) is 18.9 Å². The van der Waals surface area contributed by atoms with Crippen molar-refractivity contribution in [3.05, 3.63) is 31.0 Å². The lowest BCUT2D eigenvalue weighted by atomic mass is 10.5. The van der Waals surface area contributed by atoms with E-state index in [9.17, 15) is 0 Å². The van der Waals surface area contributed by atoms with Crippen LogP contribution in [0.3, 0.4) is 0 Å². The molecular weight excluding hydrogens is 206 g/mol. The minimum atomic E-state index is 0.396. The largest absolute Gasteiger partial charge is 0.368 e. The molecule has 2 aromatic rings.